The van der Waals surface area contributed by atoms with Crippen molar-refractivity contribution in [1.29, 1.82) is 0 Å². The molecule has 0 aromatic carbocycles. The molecule has 0 aliphatic heterocycles. The number of rotatable bonds is 7. The minimum Gasteiger partial charge on any atom is -0.469 e. The van der Waals surface area contributed by atoms with E-state index in [0.29, 0.717) is 52.0 Å². The molecule has 9 nitrogen and oxygen atoms in total. The molecular formula is C32H47N5O4. The van der Waals surface area contributed by atoms with E-state index in [0.717, 1.165) is 43.4 Å². The Labute approximate surface area is 243 Å². The zero-order chi connectivity index (χ0) is 28.9. The van der Waals surface area contributed by atoms with Crippen LogP contribution in [0.3, 0.4) is 0 Å². The first-order valence-corrected chi connectivity index (χ1v) is 15.8. The Kier molecular flexibility index (Phi) is 7.52. The van der Waals surface area contributed by atoms with Crippen LogP contribution in [-0.2, 0) is 25.6 Å². The molecule has 0 saturated heterocycles. The summed E-state index contributed by atoms with van der Waals surface area (Å²) < 4.78 is 12.7. The van der Waals surface area contributed by atoms with E-state index in [1.165, 1.54) is 52.0 Å². The van der Waals surface area contributed by atoms with Gasteiger partial charge in [-0.2, -0.15) is 0 Å². The molecule has 2 N–H and O–H groups in total. The van der Waals surface area contributed by atoms with Gasteiger partial charge in [0.15, 0.2) is 11.5 Å². The standard InChI is InChI=1S/C32H47N5O4/c1-19(5-10-26(38)40-4)23-8-9-24-22-7-6-20-15-21(11-13-31(20,2)25(22)12-14-32(23,24)3)41-27(39)16-37-18-36-28-29(33)34-17-35-30(28)37/h17-25H,5-16H2,1-4H3,(H2,33,34,35)/t19-,20?,21?,22?,23-,24?,25?,31+,32-/m1/s1. The number of esters is 2. The highest BCUT2D eigenvalue weighted by Gasteiger charge is 2.60. The van der Waals surface area contributed by atoms with Gasteiger partial charge in [0.05, 0.1) is 13.4 Å². The van der Waals surface area contributed by atoms with E-state index < -0.39 is 0 Å². The molecule has 6 rings (SSSR count). The number of hydrogen-bond acceptors (Lipinski definition) is 8. The SMILES string of the molecule is COC(=O)CC[C@@H](C)[C@H]1CCC2C3CCC4CC(OC(=O)Cn5cnc6c(N)ncnc65)CC[C@]4(C)C3CC[C@@]21C. The lowest BCUT2D eigenvalue weighted by Crippen LogP contribution is -2.54. The lowest BCUT2D eigenvalue weighted by molar-refractivity contribution is -0.163. The summed E-state index contributed by atoms with van der Waals surface area (Å²) in [4.78, 5) is 37.2. The highest BCUT2D eigenvalue weighted by Crippen LogP contribution is 2.68. The number of fused-ring (bicyclic) bond motifs is 6. The minimum absolute atomic E-state index is 0.0213. The molecule has 0 spiro atoms. The van der Waals surface area contributed by atoms with Gasteiger partial charge in [0, 0.05) is 6.42 Å². The largest absolute Gasteiger partial charge is 0.469 e. The first-order chi connectivity index (χ1) is 19.6. The van der Waals surface area contributed by atoms with Gasteiger partial charge in [0.1, 0.15) is 24.5 Å². The van der Waals surface area contributed by atoms with Crippen molar-refractivity contribution in [1.82, 2.24) is 19.5 Å². The molecule has 4 saturated carbocycles. The molecule has 41 heavy (non-hydrogen) atoms. The van der Waals surface area contributed by atoms with Crippen LogP contribution >= 0.6 is 0 Å². The maximum absolute atomic E-state index is 13.0. The second-order valence-corrected chi connectivity index (χ2v) is 14.2. The van der Waals surface area contributed by atoms with Crippen LogP contribution < -0.4 is 5.73 Å². The summed E-state index contributed by atoms with van der Waals surface area (Å²) in [6.45, 7) is 7.58. The monoisotopic (exact) mass is 565 g/mol. The maximum atomic E-state index is 13.0. The van der Waals surface area contributed by atoms with Crippen LogP contribution in [0.4, 0.5) is 5.82 Å². The molecule has 224 valence electrons. The lowest BCUT2D eigenvalue weighted by Gasteiger charge is -2.61. The van der Waals surface area contributed by atoms with Crippen molar-refractivity contribution in [2.45, 2.75) is 104 Å². The van der Waals surface area contributed by atoms with Gasteiger partial charge in [-0.05, 0) is 111 Å². The Morgan fingerprint density at radius 3 is 2.61 bits per heavy atom. The highest BCUT2D eigenvalue weighted by atomic mass is 16.5. The first-order valence-electron chi connectivity index (χ1n) is 15.8. The topological polar surface area (TPSA) is 122 Å². The fourth-order valence-electron chi connectivity index (χ4n) is 10.3. The van der Waals surface area contributed by atoms with E-state index in [1.807, 2.05) is 0 Å². The summed E-state index contributed by atoms with van der Waals surface area (Å²) in [5.41, 5.74) is 7.68. The predicted octanol–water partition coefficient (Wildman–Crippen LogP) is 5.57. The fourth-order valence-corrected chi connectivity index (χ4v) is 10.3. The van der Waals surface area contributed by atoms with Gasteiger partial charge in [-0.3, -0.25) is 9.59 Å². The summed E-state index contributed by atoms with van der Waals surface area (Å²) in [7, 11) is 1.49. The molecule has 5 unspecified atom stereocenters. The molecule has 4 fully saturated rings. The van der Waals surface area contributed by atoms with E-state index >= 15 is 0 Å². The number of nitrogens with two attached hydrogens (primary N) is 1. The van der Waals surface area contributed by atoms with Crippen molar-refractivity contribution in [3.05, 3.63) is 12.7 Å². The smallest absolute Gasteiger partial charge is 0.326 e. The van der Waals surface area contributed by atoms with Crippen LogP contribution in [-0.4, -0.2) is 44.7 Å². The Balaban J connectivity index is 1.07. The lowest BCUT2D eigenvalue weighted by atomic mass is 9.44. The number of nitrogen functional groups attached to an aromatic ring is 1. The van der Waals surface area contributed by atoms with Gasteiger partial charge in [-0.1, -0.05) is 20.8 Å². The van der Waals surface area contributed by atoms with Gasteiger partial charge in [0.25, 0.3) is 0 Å². The quantitative estimate of drug-likeness (QED) is 0.433. The van der Waals surface area contributed by atoms with Crippen molar-refractivity contribution in [2.24, 2.45) is 46.3 Å². The number of carbonyl (C=O) groups excluding carboxylic acids is 2. The minimum atomic E-state index is -0.240. The van der Waals surface area contributed by atoms with Crippen LogP contribution in [0.5, 0.6) is 0 Å². The molecule has 2 aromatic heterocycles. The molecule has 2 aromatic rings. The normalized spacial score (nSPS) is 37.1. The third kappa shape index (κ3) is 4.91. The number of imidazole rings is 1. The molecule has 0 radical (unpaired) electrons. The molecule has 9 atom stereocenters. The Bertz CT molecular complexity index is 1300. The van der Waals surface area contributed by atoms with Crippen LogP contribution in [0.2, 0.25) is 0 Å². The van der Waals surface area contributed by atoms with E-state index in [1.54, 1.807) is 10.9 Å². The molecule has 4 aliphatic carbocycles. The third-order valence-corrected chi connectivity index (χ3v) is 12.4. The number of hydrogen-bond donors (Lipinski definition) is 1. The van der Waals surface area contributed by atoms with Gasteiger partial charge in [-0.25, -0.2) is 15.0 Å². The van der Waals surface area contributed by atoms with Crippen molar-refractivity contribution in [3.8, 4) is 0 Å². The maximum Gasteiger partial charge on any atom is 0.326 e. The van der Waals surface area contributed by atoms with Gasteiger partial charge in [-0.15, -0.1) is 0 Å². The third-order valence-electron chi connectivity index (χ3n) is 12.4. The molecule has 0 amide bonds. The molecule has 0 bridgehead atoms. The van der Waals surface area contributed by atoms with E-state index in [-0.39, 0.29) is 24.6 Å². The van der Waals surface area contributed by atoms with Gasteiger partial charge < -0.3 is 19.8 Å². The number of aromatic nitrogens is 4. The number of anilines is 1. The average Bonchev–Trinajstić information content (AvgIpc) is 3.53. The number of carbonyl (C=O) groups is 2. The molecule has 2 heterocycles. The molecule has 4 aliphatic rings. The van der Waals surface area contributed by atoms with Crippen LogP contribution in [0.1, 0.15) is 91.4 Å². The fraction of sp³-hybridized carbons (Fsp3) is 0.781. The van der Waals surface area contributed by atoms with Crippen molar-refractivity contribution in [2.75, 3.05) is 12.8 Å². The van der Waals surface area contributed by atoms with Gasteiger partial charge in [0.2, 0.25) is 0 Å². The summed E-state index contributed by atoms with van der Waals surface area (Å²) in [6, 6.07) is 0. The summed E-state index contributed by atoms with van der Waals surface area (Å²) >= 11 is 0. The average molecular weight is 566 g/mol. The van der Waals surface area contributed by atoms with Crippen molar-refractivity contribution >= 4 is 28.9 Å². The Hall–Kier alpha value is -2.71. The summed E-state index contributed by atoms with van der Waals surface area (Å²) in [6.07, 6.45) is 15.3. The zero-order valence-corrected chi connectivity index (χ0v) is 25.2. The second kappa shape index (κ2) is 10.8. The summed E-state index contributed by atoms with van der Waals surface area (Å²) in [5, 5.41) is 0. The van der Waals surface area contributed by atoms with Gasteiger partial charge >= 0.3 is 11.9 Å². The molecular weight excluding hydrogens is 518 g/mol. The van der Waals surface area contributed by atoms with Crippen LogP contribution in [0.25, 0.3) is 11.2 Å². The Morgan fingerprint density at radius 2 is 1.80 bits per heavy atom. The molecule has 9 heteroatoms. The van der Waals surface area contributed by atoms with E-state index in [9.17, 15) is 9.59 Å². The summed E-state index contributed by atoms with van der Waals surface area (Å²) in [5.74, 6) is 4.22. The van der Waals surface area contributed by atoms with Crippen LogP contribution in [0, 0.1) is 46.3 Å². The first kappa shape index (κ1) is 28.4. The number of ether oxygens (including phenoxy) is 2. The Morgan fingerprint density at radius 1 is 1.02 bits per heavy atom. The van der Waals surface area contributed by atoms with Crippen molar-refractivity contribution < 1.29 is 19.1 Å². The zero-order valence-electron chi connectivity index (χ0n) is 25.2. The number of nitrogens with zero attached hydrogens (tertiary/aromatic N) is 4. The van der Waals surface area contributed by atoms with Crippen LogP contribution in [0.15, 0.2) is 12.7 Å². The highest BCUT2D eigenvalue weighted by molar-refractivity contribution is 5.82. The van der Waals surface area contributed by atoms with Crippen molar-refractivity contribution in [3.63, 3.8) is 0 Å². The van der Waals surface area contributed by atoms with E-state index in [2.05, 4.69) is 35.7 Å². The van der Waals surface area contributed by atoms with E-state index in [4.69, 9.17) is 15.2 Å². The second-order valence-electron chi connectivity index (χ2n) is 14.2. The number of methoxy groups -OCH3 is 1. The predicted molar refractivity (Wildman–Crippen MR) is 155 cm³/mol.